The number of allylic oxidation sites excluding steroid dienone is 2. The van der Waals surface area contributed by atoms with Crippen LogP contribution in [0, 0.1) is 0 Å². The molecule has 0 spiro atoms. The Morgan fingerprint density at radius 3 is 2.64 bits per heavy atom. The van der Waals surface area contributed by atoms with Crippen LogP contribution in [0.25, 0.3) is 28.1 Å². The Bertz CT molecular complexity index is 1380. The van der Waals surface area contributed by atoms with Crippen molar-refractivity contribution >= 4 is 28.3 Å². The van der Waals surface area contributed by atoms with Crippen molar-refractivity contribution in [1.82, 2.24) is 14.9 Å². The van der Waals surface area contributed by atoms with Crippen LogP contribution in [0.2, 0.25) is 5.02 Å². The van der Waals surface area contributed by atoms with Gasteiger partial charge in [-0.15, -0.1) is 0 Å². The summed E-state index contributed by atoms with van der Waals surface area (Å²) in [4.78, 5) is 9.89. The molecule has 0 fully saturated rings. The number of benzene rings is 3. The van der Waals surface area contributed by atoms with Crippen molar-refractivity contribution in [2.45, 2.75) is 26.8 Å². The van der Waals surface area contributed by atoms with Crippen molar-refractivity contribution < 1.29 is 0 Å². The number of hydrogen-bond donors (Lipinski definition) is 2. The number of anilines is 1. The second-order valence-corrected chi connectivity index (χ2v) is 8.45. The quantitative estimate of drug-likeness (QED) is 0.270. The standard InChI is InChI=1S/C27H28ClN5/c1-5-9-20(17-29-4)31-23-15-25-27(16-24(23)30-18(2)3)33(21-11-8-10-19(28)14-21)26-13-7-6-12-22(26)32-25/h5-18,29,31H,1-4H3/b9-5-,20-17+,30-24?. The molecule has 0 aromatic heterocycles. The van der Waals surface area contributed by atoms with Gasteiger partial charge in [-0.2, -0.15) is 0 Å². The van der Waals surface area contributed by atoms with Gasteiger partial charge < -0.3 is 15.2 Å². The van der Waals surface area contributed by atoms with Crippen molar-refractivity contribution in [3.63, 3.8) is 0 Å². The molecular weight excluding hydrogens is 430 g/mol. The number of nitrogens with one attached hydrogen (secondary N) is 2. The van der Waals surface area contributed by atoms with Crippen molar-refractivity contribution in [2.24, 2.45) is 4.99 Å². The van der Waals surface area contributed by atoms with E-state index in [0.717, 1.165) is 44.9 Å². The molecule has 0 atom stereocenters. The first-order chi connectivity index (χ1) is 16.0. The van der Waals surface area contributed by atoms with Gasteiger partial charge in [-0.05, 0) is 69.3 Å². The smallest absolute Gasteiger partial charge is 0.0900 e. The minimum Gasteiger partial charge on any atom is -0.392 e. The Kier molecular flexibility index (Phi) is 6.80. The lowest BCUT2D eigenvalue weighted by molar-refractivity contribution is 0.805. The van der Waals surface area contributed by atoms with Crippen molar-refractivity contribution in [3.05, 3.63) is 95.1 Å². The molecule has 1 aliphatic carbocycles. The van der Waals surface area contributed by atoms with Gasteiger partial charge in [0.1, 0.15) is 0 Å². The topological polar surface area (TPSA) is 54.2 Å². The molecule has 168 valence electrons. The number of nitrogens with zero attached hydrogens (tertiary/aromatic N) is 3. The van der Waals surface area contributed by atoms with Crippen LogP contribution in [-0.2, 0) is 0 Å². The molecule has 4 rings (SSSR count). The average molecular weight is 458 g/mol. The molecule has 2 aromatic rings. The predicted molar refractivity (Wildman–Crippen MR) is 139 cm³/mol. The van der Waals surface area contributed by atoms with Gasteiger partial charge in [0, 0.05) is 30.0 Å². The van der Waals surface area contributed by atoms with Crippen LogP contribution in [0.3, 0.4) is 0 Å². The number of fused-ring (bicyclic) bond motifs is 2. The fraction of sp³-hybridized carbons (Fsp3) is 0.185. The minimum absolute atomic E-state index is 0.134. The van der Waals surface area contributed by atoms with Gasteiger partial charge in [0.2, 0.25) is 0 Å². The zero-order valence-electron chi connectivity index (χ0n) is 19.3. The molecule has 5 nitrogen and oxygen atoms in total. The number of halogens is 1. The normalized spacial score (nSPS) is 12.9. The van der Waals surface area contributed by atoms with Crippen LogP contribution in [0.5, 0.6) is 0 Å². The van der Waals surface area contributed by atoms with E-state index in [0.29, 0.717) is 5.02 Å². The Hall–Kier alpha value is -3.57. The summed E-state index contributed by atoms with van der Waals surface area (Å²) in [6, 6.07) is 20.3. The summed E-state index contributed by atoms with van der Waals surface area (Å²) < 4.78 is 2.20. The summed E-state index contributed by atoms with van der Waals surface area (Å²) in [6.07, 6.45) is 5.93. The largest absolute Gasteiger partial charge is 0.392 e. The van der Waals surface area contributed by atoms with Gasteiger partial charge in [0.15, 0.2) is 0 Å². The van der Waals surface area contributed by atoms with Crippen LogP contribution in [0.1, 0.15) is 20.8 Å². The van der Waals surface area contributed by atoms with Gasteiger partial charge in [-0.3, -0.25) is 4.99 Å². The Labute approximate surface area is 199 Å². The highest BCUT2D eigenvalue weighted by Crippen LogP contribution is 2.30. The van der Waals surface area contributed by atoms with Crippen molar-refractivity contribution in [2.75, 3.05) is 12.4 Å². The van der Waals surface area contributed by atoms with Gasteiger partial charge in [-0.25, -0.2) is 4.98 Å². The fourth-order valence-electron chi connectivity index (χ4n) is 3.84. The third kappa shape index (κ3) is 4.94. The van der Waals surface area contributed by atoms with Gasteiger partial charge >= 0.3 is 0 Å². The van der Waals surface area contributed by atoms with Crippen molar-refractivity contribution in [3.8, 4) is 17.1 Å². The van der Waals surface area contributed by atoms with E-state index < -0.39 is 0 Å². The van der Waals surface area contributed by atoms with Crippen LogP contribution < -0.4 is 16.0 Å². The van der Waals surface area contributed by atoms with E-state index in [1.807, 2.05) is 68.7 Å². The molecule has 2 aromatic carbocycles. The van der Waals surface area contributed by atoms with Gasteiger partial charge in [0.25, 0.3) is 0 Å². The summed E-state index contributed by atoms with van der Waals surface area (Å²) >= 11 is 6.36. The molecule has 2 N–H and O–H groups in total. The van der Waals surface area contributed by atoms with Gasteiger partial charge in [-0.1, -0.05) is 35.9 Å². The second kappa shape index (κ2) is 9.92. The molecule has 0 bridgehead atoms. The number of aromatic nitrogens is 2. The van der Waals surface area contributed by atoms with Crippen LogP contribution in [0.4, 0.5) is 5.69 Å². The first kappa shape index (κ1) is 22.6. The minimum atomic E-state index is 0.134. The van der Waals surface area contributed by atoms with Crippen LogP contribution >= 0.6 is 11.6 Å². The second-order valence-electron chi connectivity index (χ2n) is 8.01. The Morgan fingerprint density at radius 2 is 1.91 bits per heavy atom. The summed E-state index contributed by atoms with van der Waals surface area (Å²) in [6.45, 7) is 6.15. The highest BCUT2D eigenvalue weighted by Gasteiger charge is 2.17. The predicted octanol–water partition coefficient (Wildman–Crippen LogP) is 6.14. The SMILES string of the molecule is C/C=C\C(=C/NC)Nc1cc2nc3ccccc3n(-c3cccc(Cl)c3)c-2cc1=NC(C)C. The van der Waals surface area contributed by atoms with E-state index in [9.17, 15) is 0 Å². The lowest BCUT2D eigenvalue weighted by Gasteiger charge is -2.20. The van der Waals surface area contributed by atoms with E-state index in [2.05, 4.69) is 53.3 Å². The molecule has 0 saturated heterocycles. The molecular formula is C27H28ClN5. The number of para-hydroxylation sites is 2. The zero-order valence-corrected chi connectivity index (χ0v) is 20.1. The molecule has 2 aliphatic rings. The maximum absolute atomic E-state index is 6.36. The number of rotatable bonds is 6. The fourth-order valence-corrected chi connectivity index (χ4v) is 4.02. The summed E-state index contributed by atoms with van der Waals surface area (Å²) in [5.41, 5.74) is 6.55. The summed E-state index contributed by atoms with van der Waals surface area (Å²) in [7, 11) is 1.88. The molecule has 0 radical (unpaired) electrons. The maximum Gasteiger partial charge on any atom is 0.0900 e. The van der Waals surface area contributed by atoms with Crippen LogP contribution in [-0.4, -0.2) is 22.6 Å². The zero-order chi connectivity index (χ0) is 23.4. The Balaban J connectivity index is 2.06. The molecule has 6 heteroatoms. The van der Waals surface area contributed by atoms with E-state index in [1.165, 1.54) is 0 Å². The molecule has 0 amide bonds. The van der Waals surface area contributed by atoms with E-state index in [1.54, 1.807) is 0 Å². The van der Waals surface area contributed by atoms with Gasteiger partial charge in [0.05, 0.1) is 39.2 Å². The van der Waals surface area contributed by atoms with E-state index in [-0.39, 0.29) is 6.04 Å². The third-order valence-electron chi connectivity index (χ3n) is 5.09. The monoisotopic (exact) mass is 457 g/mol. The molecule has 33 heavy (non-hydrogen) atoms. The molecule has 1 heterocycles. The lowest BCUT2D eigenvalue weighted by atomic mass is 10.1. The first-order valence-corrected chi connectivity index (χ1v) is 11.4. The highest BCUT2D eigenvalue weighted by molar-refractivity contribution is 6.30. The average Bonchev–Trinajstić information content (AvgIpc) is 2.78. The first-order valence-electron chi connectivity index (χ1n) is 11.0. The van der Waals surface area contributed by atoms with E-state index in [4.69, 9.17) is 21.6 Å². The highest BCUT2D eigenvalue weighted by atomic mass is 35.5. The van der Waals surface area contributed by atoms with E-state index >= 15 is 0 Å². The number of hydrogen-bond acceptors (Lipinski definition) is 4. The molecule has 1 aliphatic heterocycles. The molecule has 0 unspecified atom stereocenters. The summed E-state index contributed by atoms with van der Waals surface area (Å²) in [5.74, 6) is 0. The van der Waals surface area contributed by atoms with Crippen LogP contribution in [0.15, 0.2) is 89.7 Å². The molecule has 0 saturated carbocycles. The summed E-state index contributed by atoms with van der Waals surface area (Å²) in [5, 5.41) is 8.16. The lowest BCUT2D eigenvalue weighted by Crippen LogP contribution is -2.18. The maximum atomic E-state index is 6.36. The van der Waals surface area contributed by atoms with Crippen molar-refractivity contribution in [1.29, 1.82) is 0 Å². The Morgan fingerprint density at radius 1 is 1.09 bits per heavy atom. The third-order valence-corrected chi connectivity index (χ3v) is 5.32.